The molecule has 0 spiro atoms. The molecule has 0 aromatic carbocycles. The summed E-state index contributed by atoms with van der Waals surface area (Å²) in [5.41, 5.74) is 0.533. The zero-order valence-electron chi connectivity index (χ0n) is 8.10. The Kier molecular flexibility index (Phi) is 2.45. The fourth-order valence-corrected chi connectivity index (χ4v) is 1.12. The van der Waals surface area contributed by atoms with Gasteiger partial charge in [0.05, 0.1) is 0 Å². The van der Waals surface area contributed by atoms with Crippen molar-refractivity contribution in [1.82, 2.24) is 10.1 Å². The minimum absolute atomic E-state index is 0.231. The van der Waals surface area contributed by atoms with Crippen molar-refractivity contribution in [2.75, 3.05) is 5.32 Å². The highest BCUT2D eigenvalue weighted by atomic mass is 16.5. The van der Waals surface area contributed by atoms with Gasteiger partial charge in [0.15, 0.2) is 5.82 Å². The first-order valence-corrected chi connectivity index (χ1v) is 4.40. The van der Waals surface area contributed by atoms with Crippen LogP contribution >= 0.6 is 0 Å². The lowest BCUT2D eigenvalue weighted by atomic mass is 10.2. The lowest BCUT2D eigenvalue weighted by Gasteiger charge is -1.99. The van der Waals surface area contributed by atoms with E-state index in [2.05, 4.69) is 15.5 Å². The smallest absolute Gasteiger partial charge is 0.257 e. The van der Waals surface area contributed by atoms with Gasteiger partial charge in [0.1, 0.15) is 5.76 Å². The van der Waals surface area contributed by atoms with E-state index in [4.69, 9.17) is 4.52 Å². The second-order valence-corrected chi connectivity index (χ2v) is 3.01. The van der Waals surface area contributed by atoms with Crippen LogP contribution in [0.1, 0.15) is 16.1 Å². The van der Waals surface area contributed by atoms with Crippen molar-refractivity contribution in [3.63, 3.8) is 0 Å². The third kappa shape index (κ3) is 2.19. The van der Waals surface area contributed by atoms with Gasteiger partial charge in [0.2, 0.25) is 0 Å². The maximum absolute atomic E-state index is 11.6. The first-order chi connectivity index (χ1) is 7.25. The molecule has 0 radical (unpaired) electrons. The Labute approximate surface area is 86.1 Å². The number of anilines is 1. The highest BCUT2D eigenvalue weighted by molar-refractivity contribution is 6.03. The number of hydrogen-bond donors (Lipinski definition) is 1. The van der Waals surface area contributed by atoms with Gasteiger partial charge in [0, 0.05) is 24.0 Å². The molecule has 2 aromatic rings. The molecule has 0 fully saturated rings. The highest BCUT2D eigenvalue weighted by Crippen LogP contribution is 2.08. The lowest BCUT2D eigenvalue weighted by molar-refractivity contribution is 0.102. The molecule has 0 aliphatic carbocycles. The number of nitrogens with zero attached hydrogens (tertiary/aromatic N) is 2. The fourth-order valence-electron chi connectivity index (χ4n) is 1.12. The second-order valence-electron chi connectivity index (χ2n) is 3.01. The van der Waals surface area contributed by atoms with Crippen molar-refractivity contribution in [3.05, 3.63) is 41.9 Å². The maximum atomic E-state index is 11.6. The number of amides is 1. The van der Waals surface area contributed by atoms with Crippen LogP contribution in [-0.4, -0.2) is 16.0 Å². The van der Waals surface area contributed by atoms with E-state index in [0.717, 1.165) is 0 Å². The van der Waals surface area contributed by atoms with Crippen molar-refractivity contribution < 1.29 is 9.32 Å². The first-order valence-electron chi connectivity index (χ1n) is 4.40. The monoisotopic (exact) mass is 203 g/mol. The predicted octanol–water partition coefficient (Wildman–Crippen LogP) is 1.63. The van der Waals surface area contributed by atoms with Crippen LogP contribution < -0.4 is 5.32 Å². The van der Waals surface area contributed by atoms with E-state index < -0.39 is 0 Å². The van der Waals surface area contributed by atoms with Gasteiger partial charge in [-0.1, -0.05) is 5.16 Å². The number of aryl methyl sites for hydroxylation is 1. The average molecular weight is 203 g/mol. The molecule has 1 N–H and O–H groups in total. The number of carbonyl (C=O) groups excluding carboxylic acids is 1. The van der Waals surface area contributed by atoms with Crippen LogP contribution in [0.5, 0.6) is 0 Å². The third-order valence-corrected chi connectivity index (χ3v) is 1.81. The first kappa shape index (κ1) is 9.39. The van der Waals surface area contributed by atoms with Crippen LogP contribution in [0, 0.1) is 6.92 Å². The number of carbonyl (C=O) groups is 1. The van der Waals surface area contributed by atoms with Gasteiger partial charge in [0.25, 0.3) is 5.91 Å². The molecule has 0 atom stereocenters. The number of nitrogens with one attached hydrogen (secondary N) is 1. The molecule has 2 heterocycles. The van der Waals surface area contributed by atoms with E-state index in [1.165, 1.54) is 0 Å². The van der Waals surface area contributed by atoms with Crippen LogP contribution in [0.2, 0.25) is 0 Å². The predicted molar refractivity (Wildman–Crippen MR) is 53.4 cm³/mol. The van der Waals surface area contributed by atoms with Crippen molar-refractivity contribution in [2.45, 2.75) is 6.92 Å². The molecule has 2 rings (SSSR count). The van der Waals surface area contributed by atoms with E-state index in [9.17, 15) is 4.79 Å². The van der Waals surface area contributed by atoms with Gasteiger partial charge in [-0.3, -0.25) is 9.78 Å². The Bertz CT molecular complexity index is 465. The Morgan fingerprint density at radius 3 is 2.73 bits per heavy atom. The normalized spacial score (nSPS) is 9.93. The Hall–Kier alpha value is -2.17. The summed E-state index contributed by atoms with van der Waals surface area (Å²) < 4.78 is 4.82. The van der Waals surface area contributed by atoms with Gasteiger partial charge in [-0.05, 0) is 19.1 Å². The minimum Gasteiger partial charge on any atom is -0.360 e. The Balaban J connectivity index is 2.11. The number of hydrogen-bond acceptors (Lipinski definition) is 4. The van der Waals surface area contributed by atoms with Crippen LogP contribution in [-0.2, 0) is 0 Å². The standard InChI is InChI=1S/C10H9N3O2/c1-7-6-9(13-15-7)12-10(14)8-2-4-11-5-3-8/h2-6H,1H3,(H,12,13,14). The molecular weight excluding hydrogens is 194 g/mol. The summed E-state index contributed by atoms with van der Waals surface area (Å²) in [6.45, 7) is 1.76. The van der Waals surface area contributed by atoms with Crippen LogP contribution in [0.25, 0.3) is 0 Å². The number of rotatable bonds is 2. The molecule has 5 heteroatoms. The van der Waals surface area contributed by atoms with Crippen LogP contribution in [0.4, 0.5) is 5.82 Å². The van der Waals surface area contributed by atoms with E-state index >= 15 is 0 Å². The molecule has 2 aromatic heterocycles. The van der Waals surface area contributed by atoms with Crippen LogP contribution in [0.15, 0.2) is 35.1 Å². The van der Waals surface area contributed by atoms with E-state index in [1.54, 1.807) is 37.5 Å². The molecule has 0 bridgehead atoms. The molecule has 76 valence electrons. The summed E-state index contributed by atoms with van der Waals surface area (Å²) in [6.07, 6.45) is 3.12. The second kappa shape index (κ2) is 3.91. The molecule has 5 nitrogen and oxygen atoms in total. The van der Waals surface area contributed by atoms with Crippen molar-refractivity contribution in [2.24, 2.45) is 0 Å². The largest absolute Gasteiger partial charge is 0.360 e. The van der Waals surface area contributed by atoms with Gasteiger partial charge >= 0.3 is 0 Å². The van der Waals surface area contributed by atoms with E-state index in [1.807, 2.05) is 0 Å². The van der Waals surface area contributed by atoms with Crippen molar-refractivity contribution in [3.8, 4) is 0 Å². The van der Waals surface area contributed by atoms with Crippen molar-refractivity contribution >= 4 is 11.7 Å². The molecule has 0 unspecified atom stereocenters. The summed E-state index contributed by atoms with van der Waals surface area (Å²) in [5, 5.41) is 6.27. The maximum Gasteiger partial charge on any atom is 0.257 e. The van der Waals surface area contributed by atoms with Crippen molar-refractivity contribution in [1.29, 1.82) is 0 Å². The van der Waals surface area contributed by atoms with Gasteiger partial charge in [-0.15, -0.1) is 0 Å². The zero-order valence-corrected chi connectivity index (χ0v) is 8.10. The minimum atomic E-state index is -0.231. The Morgan fingerprint density at radius 1 is 1.40 bits per heavy atom. The number of pyridine rings is 1. The third-order valence-electron chi connectivity index (χ3n) is 1.81. The SMILES string of the molecule is Cc1cc(NC(=O)c2ccncc2)no1. The van der Waals surface area contributed by atoms with Gasteiger partial charge < -0.3 is 9.84 Å². The number of aromatic nitrogens is 2. The summed E-state index contributed by atoms with van der Waals surface area (Å²) in [5.74, 6) is 0.833. The molecule has 0 aliphatic rings. The van der Waals surface area contributed by atoms with Gasteiger partial charge in [-0.25, -0.2) is 0 Å². The summed E-state index contributed by atoms with van der Waals surface area (Å²) in [7, 11) is 0. The summed E-state index contributed by atoms with van der Waals surface area (Å²) in [4.78, 5) is 15.4. The summed E-state index contributed by atoms with van der Waals surface area (Å²) >= 11 is 0. The molecule has 0 aliphatic heterocycles. The lowest BCUT2D eigenvalue weighted by Crippen LogP contribution is -2.11. The highest BCUT2D eigenvalue weighted by Gasteiger charge is 2.07. The van der Waals surface area contributed by atoms with Gasteiger partial charge in [-0.2, -0.15) is 0 Å². The quantitative estimate of drug-likeness (QED) is 0.805. The molecule has 0 saturated carbocycles. The molecule has 15 heavy (non-hydrogen) atoms. The molecule has 0 saturated heterocycles. The Morgan fingerprint density at radius 2 is 2.13 bits per heavy atom. The molecular formula is C10H9N3O2. The van der Waals surface area contributed by atoms with Crippen LogP contribution in [0.3, 0.4) is 0 Å². The van der Waals surface area contributed by atoms with E-state index in [0.29, 0.717) is 17.1 Å². The average Bonchev–Trinajstić information content (AvgIpc) is 2.65. The topological polar surface area (TPSA) is 68.0 Å². The van der Waals surface area contributed by atoms with E-state index in [-0.39, 0.29) is 5.91 Å². The summed E-state index contributed by atoms with van der Waals surface area (Å²) in [6, 6.07) is 4.91. The zero-order chi connectivity index (χ0) is 10.7. The molecule has 1 amide bonds. The fraction of sp³-hybridized carbons (Fsp3) is 0.100.